The quantitative estimate of drug-likeness (QED) is 0.237. The van der Waals surface area contributed by atoms with Gasteiger partial charge in [-0.25, -0.2) is 0 Å². The SMILES string of the molecule is CC.CCC1=CC2(C)CC2(N(c2ccccc2)C2C=CC(N(c3ccccc3)c3c(C)cc(C(C)(C)CC)cc3C)=CC2)C(C)=C1. The summed E-state index contributed by atoms with van der Waals surface area (Å²) in [5.74, 6) is 0. The molecule has 0 aliphatic heterocycles. The first-order chi connectivity index (χ1) is 22.0. The van der Waals surface area contributed by atoms with Crippen LogP contribution < -0.4 is 9.80 Å². The van der Waals surface area contributed by atoms with Gasteiger partial charge in [0.1, 0.15) is 0 Å². The lowest BCUT2D eigenvalue weighted by molar-refractivity contribution is 0.502. The summed E-state index contributed by atoms with van der Waals surface area (Å²) >= 11 is 0. The van der Waals surface area contributed by atoms with Gasteiger partial charge in [0, 0.05) is 22.5 Å². The van der Waals surface area contributed by atoms with Crippen molar-refractivity contribution in [1.29, 1.82) is 0 Å². The van der Waals surface area contributed by atoms with E-state index in [2.05, 4.69) is 168 Å². The van der Waals surface area contributed by atoms with Crippen molar-refractivity contribution in [3.63, 3.8) is 0 Å². The maximum absolute atomic E-state index is 2.75. The summed E-state index contributed by atoms with van der Waals surface area (Å²) in [5.41, 5.74) is 12.4. The molecule has 0 amide bonds. The zero-order valence-corrected chi connectivity index (χ0v) is 30.1. The van der Waals surface area contributed by atoms with E-state index < -0.39 is 0 Å². The van der Waals surface area contributed by atoms with Crippen molar-refractivity contribution in [1.82, 2.24) is 0 Å². The molecule has 3 atom stereocenters. The molecule has 0 spiro atoms. The third kappa shape index (κ3) is 5.81. The predicted molar refractivity (Wildman–Crippen MR) is 201 cm³/mol. The zero-order chi connectivity index (χ0) is 33.3. The zero-order valence-electron chi connectivity index (χ0n) is 30.1. The van der Waals surface area contributed by atoms with Crippen molar-refractivity contribution in [2.45, 2.75) is 112 Å². The normalized spacial score (nSPS) is 23.3. The van der Waals surface area contributed by atoms with Crippen LogP contribution >= 0.6 is 0 Å². The number of fused-ring (bicyclic) bond motifs is 1. The number of rotatable bonds is 9. The molecular formula is C44H56N2. The van der Waals surface area contributed by atoms with E-state index in [-0.39, 0.29) is 22.4 Å². The summed E-state index contributed by atoms with van der Waals surface area (Å²) in [5, 5.41) is 0. The lowest BCUT2D eigenvalue weighted by atomic mass is 9.80. The van der Waals surface area contributed by atoms with E-state index in [9.17, 15) is 0 Å². The topological polar surface area (TPSA) is 6.48 Å². The second-order valence-electron chi connectivity index (χ2n) is 14.2. The molecule has 0 bridgehead atoms. The maximum atomic E-state index is 2.75. The number of benzene rings is 3. The summed E-state index contributed by atoms with van der Waals surface area (Å²) < 4.78 is 0. The van der Waals surface area contributed by atoms with Gasteiger partial charge in [0.2, 0.25) is 0 Å². The minimum Gasteiger partial charge on any atom is -0.354 e. The Morgan fingerprint density at radius 3 is 1.93 bits per heavy atom. The van der Waals surface area contributed by atoms with Crippen LogP contribution in [0.5, 0.6) is 0 Å². The van der Waals surface area contributed by atoms with Crippen molar-refractivity contribution in [3.8, 4) is 0 Å². The van der Waals surface area contributed by atoms with E-state index in [4.69, 9.17) is 0 Å². The lowest BCUT2D eigenvalue weighted by Gasteiger charge is -2.45. The van der Waals surface area contributed by atoms with Crippen molar-refractivity contribution in [2.24, 2.45) is 5.41 Å². The molecule has 3 aromatic carbocycles. The van der Waals surface area contributed by atoms with E-state index >= 15 is 0 Å². The molecule has 46 heavy (non-hydrogen) atoms. The van der Waals surface area contributed by atoms with Gasteiger partial charge >= 0.3 is 0 Å². The molecule has 0 radical (unpaired) electrons. The Balaban J connectivity index is 0.00000204. The van der Waals surface area contributed by atoms with Crippen LogP contribution in [0.25, 0.3) is 0 Å². The molecule has 2 heteroatoms. The number of aryl methyl sites for hydroxylation is 2. The van der Waals surface area contributed by atoms with Crippen molar-refractivity contribution in [2.75, 3.05) is 9.80 Å². The molecular weight excluding hydrogens is 556 g/mol. The van der Waals surface area contributed by atoms with Crippen LogP contribution in [0.2, 0.25) is 0 Å². The monoisotopic (exact) mass is 612 g/mol. The highest BCUT2D eigenvalue weighted by Crippen LogP contribution is 2.68. The largest absolute Gasteiger partial charge is 0.354 e. The average molecular weight is 613 g/mol. The van der Waals surface area contributed by atoms with Crippen LogP contribution in [0.15, 0.2) is 120 Å². The average Bonchev–Trinajstić information content (AvgIpc) is 3.71. The molecule has 0 saturated heterocycles. The molecule has 3 aliphatic rings. The summed E-state index contributed by atoms with van der Waals surface area (Å²) in [6.45, 7) is 22.7. The van der Waals surface area contributed by atoms with Gasteiger partial charge in [-0.3, -0.25) is 0 Å². The standard InChI is InChI=1S/C42H50N2.C2H6/c1-9-33-27-32(5)42(29-41(42,8)28-33)44(37-19-15-12-16-20-37)38-23-21-36(22-24-38)43(35-17-13-11-14-18-35)39-30(3)25-34(26-31(39)4)40(6,7)10-2;1-2/h11-23,25-28,38H,9-10,24,29H2,1-8H3;1-2H3. The van der Waals surface area contributed by atoms with Gasteiger partial charge in [-0.2, -0.15) is 0 Å². The van der Waals surface area contributed by atoms with Gasteiger partial charge in [0.05, 0.1) is 17.3 Å². The summed E-state index contributed by atoms with van der Waals surface area (Å²) in [4.78, 5) is 5.23. The minimum absolute atomic E-state index is 0.0155. The molecule has 1 saturated carbocycles. The smallest absolute Gasteiger partial charge is 0.0718 e. The van der Waals surface area contributed by atoms with Crippen LogP contribution in [0.1, 0.15) is 97.8 Å². The Morgan fingerprint density at radius 1 is 0.848 bits per heavy atom. The molecule has 0 aromatic heterocycles. The van der Waals surface area contributed by atoms with Crippen molar-refractivity contribution >= 4 is 17.1 Å². The lowest BCUT2D eigenvalue weighted by Crippen LogP contribution is -2.49. The van der Waals surface area contributed by atoms with Gasteiger partial charge in [0.25, 0.3) is 0 Å². The molecule has 3 aromatic rings. The van der Waals surface area contributed by atoms with E-state index in [0.717, 1.165) is 25.7 Å². The highest BCUT2D eigenvalue weighted by molar-refractivity contribution is 5.76. The van der Waals surface area contributed by atoms with Crippen LogP contribution in [0.3, 0.4) is 0 Å². The Kier molecular flexibility index (Phi) is 9.60. The third-order valence-electron chi connectivity index (χ3n) is 10.9. The van der Waals surface area contributed by atoms with Crippen molar-refractivity contribution in [3.05, 3.63) is 137 Å². The Bertz CT molecular complexity index is 1630. The molecule has 1 fully saturated rings. The Morgan fingerprint density at radius 2 is 1.43 bits per heavy atom. The molecule has 242 valence electrons. The van der Waals surface area contributed by atoms with Crippen LogP contribution in [0.4, 0.5) is 17.1 Å². The molecule has 2 nitrogen and oxygen atoms in total. The van der Waals surface area contributed by atoms with Crippen LogP contribution in [-0.4, -0.2) is 11.6 Å². The molecule has 6 rings (SSSR count). The maximum Gasteiger partial charge on any atom is 0.0718 e. The van der Waals surface area contributed by atoms with Crippen LogP contribution in [-0.2, 0) is 5.41 Å². The Labute approximate surface area is 280 Å². The van der Waals surface area contributed by atoms with Gasteiger partial charge in [-0.1, -0.05) is 127 Å². The molecule has 0 N–H and O–H groups in total. The molecule has 0 heterocycles. The number of hydrogen-bond acceptors (Lipinski definition) is 2. The molecule has 3 aliphatic carbocycles. The van der Waals surface area contributed by atoms with Gasteiger partial charge in [0.15, 0.2) is 0 Å². The fraction of sp³-hybridized carbons (Fsp3) is 0.409. The first-order valence-corrected chi connectivity index (χ1v) is 17.6. The van der Waals surface area contributed by atoms with E-state index in [1.54, 1.807) is 0 Å². The second-order valence-corrected chi connectivity index (χ2v) is 14.2. The fourth-order valence-electron chi connectivity index (χ4n) is 7.98. The minimum atomic E-state index is 0.0155. The predicted octanol–water partition coefficient (Wildman–Crippen LogP) is 12.3. The number of anilines is 3. The van der Waals surface area contributed by atoms with Gasteiger partial charge in [-0.15, -0.1) is 0 Å². The number of hydrogen-bond donors (Lipinski definition) is 0. The number of nitrogens with zero attached hydrogens (tertiary/aromatic N) is 2. The first kappa shape index (κ1) is 33.6. The summed E-state index contributed by atoms with van der Waals surface area (Å²) in [7, 11) is 0. The second kappa shape index (κ2) is 13.1. The first-order valence-electron chi connectivity index (χ1n) is 17.6. The molecule has 3 unspecified atom stereocenters. The highest BCUT2D eigenvalue weighted by atomic mass is 15.3. The van der Waals surface area contributed by atoms with Crippen LogP contribution in [0, 0.1) is 19.3 Å². The van der Waals surface area contributed by atoms with Crippen molar-refractivity contribution < 1.29 is 0 Å². The Hall–Kier alpha value is -3.78. The number of allylic oxidation sites excluding steroid dienone is 3. The summed E-state index contributed by atoms with van der Waals surface area (Å²) in [6.07, 6.45) is 16.7. The summed E-state index contributed by atoms with van der Waals surface area (Å²) in [6, 6.07) is 27.1. The van der Waals surface area contributed by atoms with E-state index in [0.29, 0.717) is 0 Å². The number of para-hydroxylation sites is 2. The van der Waals surface area contributed by atoms with E-state index in [1.807, 2.05) is 13.8 Å². The van der Waals surface area contributed by atoms with Gasteiger partial charge in [-0.05, 0) is 104 Å². The fourth-order valence-corrected chi connectivity index (χ4v) is 7.98. The third-order valence-corrected chi connectivity index (χ3v) is 10.9. The van der Waals surface area contributed by atoms with Gasteiger partial charge < -0.3 is 9.80 Å². The van der Waals surface area contributed by atoms with E-state index in [1.165, 1.54) is 50.6 Å². The highest BCUT2D eigenvalue weighted by Gasteiger charge is 2.69.